The Morgan fingerprint density at radius 1 is 1.25 bits per heavy atom. The number of nitrogen functional groups attached to an aromatic ring is 1. The number of ether oxygens (including phenoxy) is 1. The lowest BCUT2D eigenvalue weighted by Gasteiger charge is -2.36. The first-order valence-electron chi connectivity index (χ1n) is 8.83. The Labute approximate surface area is 159 Å². The molecule has 1 aliphatic rings. The zero-order chi connectivity index (χ0) is 19.5. The zero-order valence-electron chi connectivity index (χ0n) is 15.0. The first-order valence-corrected chi connectivity index (χ1v) is 8.83. The molecule has 1 fully saturated rings. The number of aromatic nitrogens is 3. The van der Waals surface area contributed by atoms with E-state index in [1.54, 1.807) is 30.5 Å². The van der Waals surface area contributed by atoms with Crippen LogP contribution in [0, 0.1) is 10.1 Å². The van der Waals surface area contributed by atoms with Gasteiger partial charge in [-0.1, -0.05) is 0 Å². The van der Waals surface area contributed by atoms with Gasteiger partial charge in [0, 0.05) is 45.0 Å². The minimum absolute atomic E-state index is 0.0208. The van der Waals surface area contributed by atoms with Crippen LogP contribution in [0.4, 0.5) is 17.4 Å². The van der Waals surface area contributed by atoms with E-state index in [1.165, 1.54) is 0 Å². The standard InChI is InChI=1S/C17H19N7O4/c18-16-20-17(21-28-16)27-11-10-22-6-8-23(9-7-22)14-4-3-13(24(25)26)12-2-1-5-19-15(12)14/h1-5H,6-11H2,(H2,18,20,21). The van der Waals surface area contributed by atoms with Crippen molar-refractivity contribution < 1.29 is 14.2 Å². The third-order valence-electron chi connectivity index (χ3n) is 4.70. The summed E-state index contributed by atoms with van der Waals surface area (Å²) in [6.07, 6.45) is 1.66. The Kier molecular flexibility index (Phi) is 4.89. The summed E-state index contributed by atoms with van der Waals surface area (Å²) >= 11 is 0. The van der Waals surface area contributed by atoms with Crippen LogP contribution in [-0.2, 0) is 0 Å². The van der Waals surface area contributed by atoms with Crippen molar-refractivity contribution in [1.29, 1.82) is 0 Å². The minimum Gasteiger partial charge on any atom is -0.460 e. The number of anilines is 2. The highest BCUT2D eigenvalue weighted by molar-refractivity contribution is 5.97. The molecule has 3 heterocycles. The van der Waals surface area contributed by atoms with Gasteiger partial charge in [0.25, 0.3) is 5.69 Å². The molecule has 2 N–H and O–H groups in total. The van der Waals surface area contributed by atoms with Crippen LogP contribution in [-0.4, -0.2) is 64.3 Å². The quantitative estimate of drug-likeness (QED) is 0.488. The largest absolute Gasteiger partial charge is 0.460 e. The monoisotopic (exact) mass is 385 g/mol. The maximum atomic E-state index is 11.3. The summed E-state index contributed by atoms with van der Waals surface area (Å²) < 4.78 is 10.1. The zero-order valence-corrected chi connectivity index (χ0v) is 15.0. The van der Waals surface area contributed by atoms with Gasteiger partial charge in [-0.05, 0) is 23.4 Å². The molecule has 4 rings (SSSR count). The van der Waals surface area contributed by atoms with E-state index in [0.29, 0.717) is 17.5 Å². The van der Waals surface area contributed by atoms with Gasteiger partial charge in [-0.25, -0.2) is 0 Å². The number of nitrogens with zero attached hydrogens (tertiary/aromatic N) is 6. The topological polar surface area (TPSA) is 137 Å². The first kappa shape index (κ1) is 17.9. The Bertz CT molecular complexity index is 985. The van der Waals surface area contributed by atoms with Crippen molar-refractivity contribution in [2.45, 2.75) is 0 Å². The number of non-ortho nitro benzene ring substituents is 1. The first-order chi connectivity index (χ1) is 13.6. The number of rotatable bonds is 6. The Hall–Kier alpha value is -3.47. The van der Waals surface area contributed by atoms with E-state index in [1.807, 2.05) is 0 Å². The Balaban J connectivity index is 1.38. The molecule has 0 saturated carbocycles. The second kappa shape index (κ2) is 7.64. The van der Waals surface area contributed by atoms with Gasteiger partial charge in [-0.3, -0.25) is 20.0 Å². The van der Waals surface area contributed by atoms with Crippen molar-refractivity contribution in [2.24, 2.45) is 0 Å². The normalized spacial score (nSPS) is 15.1. The average molecular weight is 385 g/mol. The number of fused-ring (bicyclic) bond motifs is 1. The van der Waals surface area contributed by atoms with Crippen molar-refractivity contribution in [2.75, 3.05) is 50.0 Å². The molecule has 0 spiro atoms. The molecule has 146 valence electrons. The van der Waals surface area contributed by atoms with Crippen molar-refractivity contribution in [1.82, 2.24) is 20.0 Å². The molecule has 11 heteroatoms. The van der Waals surface area contributed by atoms with Crippen molar-refractivity contribution in [3.05, 3.63) is 40.6 Å². The summed E-state index contributed by atoms with van der Waals surface area (Å²) in [4.78, 5) is 23.6. The lowest BCUT2D eigenvalue weighted by molar-refractivity contribution is -0.383. The SMILES string of the molecule is Nc1nc(OCCN2CCN(c3ccc([N+](=O)[O-])c4cccnc34)CC2)no1. The number of pyridine rings is 1. The highest BCUT2D eigenvalue weighted by Crippen LogP contribution is 2.32. The lowest BCUT2D eigenvalue weighted by Crippen LogP contribution is -2.47. The van der Waals surface area contributed by atoms with E-state index in [-0.39, 0.29) is 22.6 Å². The van der Waals surface area contributed by atoms with Crippen LogP contribution in [0.5, 0.6) is 6.01 Å². The van der Waals surface area contributed by atoms with E-state index in [9.17, 15) is 10.1 Å². The minimum atomic E-state index is -0.372. The molecule has 11 nitrogen and oxygen atoms in total. The van der Waals surface area contributed by atoms with Crippen LogP contribution in [0.15, 0.2) is 35.0 Å². The third-order valence-corrected chi connectivity index (χ3v) is 4.70. The summed E-state index contributed by atoms with van der Waals surface area (Å²) in [6.45, 7) is 4.41. The number of benzene rings is 1. The van der Waals surface area contributed by atoms with Crippen molar-refractivity contribution >= 4 is 28.3 Å². The number of nitrogens with two attached hydrogens (primary N) is 1. The maximum Gasteiger partial charge on any atom is 0.355 e. The molecular weight excluding hydrogens is 366 g/mol. The summed E-state index contributed by atoms with van der Waals surface area (Å²) in [6, 6.07) is 6.91. The van der Waals surface area contributed by atoms with Gasteiger partial charge >= 0.3 is 12.0 Å². The second-order valence-corrected chi connectivity index (χ2v) is 6.35. The van der Waals surface area contributed by atoms with E-state index >= 15 is 0 Å². The van der Waals surface area contributed by atoms with E-state index in [2.05, 4.69) is 29.4 Å². The molecule has 0 atom stereocenters. The molecule has 1 aromatic carbocycles. The van der Waals surface area contributed by atoms with Crippen LogP contribution < -0.4 is 15.4 Å². The van der Waals surface area contributed by atoms with Crippen LogP contribution in [0.3, 0.4) is 0 Å². The molecule has 2 aromatic heterocycles. The average Bonchev–Trinajstić information content (AvgIpc) is 3.12. The number of hydrogen-bond acceptors (Lipinski definition) is 10. The van der Waals surface area contributed by atoms with E-state index in [0.717, 1.165) is 38.4 Å². The molecule has 3 aromatic rings. The molecule has 1 saturated heterocycles. The number of hydrogen-bond donors (Lipinski definition) is 1. The molecular formula is C17H19N7O4. The van der Waals surface area contributed by atoms with Crippen molar-refractivity contribution in [3.8, 4) is 6.01 Å². The number of nitro benzene ring substituents is 1. The molecule has 0 aliphatic carbocycles. The lowest BCUT2D eigenvalue weighted by atomic mass is 10.1. The molecule has 1 aliphatic heterocycles. The Morgan fingerprint density at radius 2 is 2.07 bits per heavy atom. The fourth-order valence-electron chi connectivity index (χ4n) is 3.32. The van der Waals surface area contributed by atoms with E-state index < -0.39 is 0 Å². The smallest absolute Gasteiger partial charge is 0.355 e. The summed E-state index contributed by atoms with van der Waals surface area (Å²) in [5, 5.41) is 15.4. The summed E-state index contributed by atoms with van der Waals surface area (Å²) in [7, 11) is 0. The fraction of sp³-hybridized carbons (Fsp3) is 0.353. The highest BCUT2D eigenvalue weighted by atomic mass is 16.6. The van der Waals surface area contributed by atoms with Gasteiger partial charge < -0.3 is 19.9 Å². The fourth-order valence-corrected chi connectivity index (χ4v) is 3.32. The van der Waals surface area contributed by atoms with Crippen LogP contribution in [0.1, 0.15) is 0 Å². The highest BCUT2D eigenvalue weighted by Gasteiger charge is 2.22. The van der Waals surface area contributed by atoms with Crippen LogP contribution in [0.25, 0.3) is 10.9 Å². The number of piperazine rings is 1. The van der Waals surface area contributed by atoms with Gasteiger partial charge in [0.1, 0.15) is 12.1 Å². The van der Waals surface area contributed by atoms with Gasteiger partial charge in [0.05, 0.1) is 16.0 Å². The van der Waals surface area contributed by atoms with Crippen molar-refractivity contribution in [3.63, 3.8) is 0 Å². The summed E-state index contributed by atoms with van der Waals surface area (Å²) in [5.41, 5.74) is 7.00. The van der Waals surface area contributed by atoms with Crippen LogP contribution in [0.2, 0.25) is 0 Å². The summed E-state index contributed by atoms with van der Waals surface area (Å²) in [5.74, 6) is 0. The van der Waals surface area contributed by atoms with E-state index in [4.69, 9.17) is 10.5 Å². The van der Waals surface area contributed by atoms with Gasteiger partial charge in [0.2, 0.25) is 0 Å². The second-order valence-electron chi connectivity index (χ2n) is 6.35. The predicted octanol–water partition coefficient (Wildman–Crippen LogP) is 1.31. The third kappa shape index (κ3) is 3.64. The molecule has 0 unspecified atom stereocenters. The molecule has 28 heavy (non-hydrogen) atoms. The Morgan fingerprint density at radius 3 is 2.79 bits per heavy atom. The van der Waals surface area contributed by atoms with Gasteiger partial charge in [-0.2, -0.15) is 0 Å². The molecule has 0 bridgehead atoms. The predicted molar refractivity (Wildman–Crippen MR) is 101 cm³/mol. The molecule has 0 radical (unpaired) electrons. The van der Waals surface area contributed by atoms with Gasteiger partial charge in [-0.15, -0.1) is 4.98 Å². The number of nitro groups is 1. The van der Waals surface area contributed by atoms with Gasteiger partial charge in [0.15, 0.2) is 0 Å². The molecule has 0 amide bonds. The maximum absolute atomic E-state index is 11.3. The van der Waals surface area contributed by atoms with Crippen LogP contribution >= 0.6 is 0 Å².